The zero-order valence-corrected chi connectivity index (χ0v) is 13.7. The van der Waals surface area contributed by atoms with Crippen LogP contribution in [0.4, 0.5) is 0 Å². The summed E-state index contributed by atoms with van der Waals surface area (Å²) in [7, 11) is 0. The maximum absolute atomic E-state index is 6.41. The predicted molar refractivity (Wildman–Crippen MR) is 87.5 cm³/mol. The summed E-state index contributed by atoms with van der Waals surface area (Å²) in [4.78, 5) is 0. The third-order valence-corrected chi connectivity index (χ3v) is 5.02. The highest BCUT2D eigenvalue weighted by Crippen LogP contribution is 2.20. The van der Waals surface area contributed by atoms with Crippen LogP contribution >= 0.6 is 0 Å². The number of ether oxygens (including phenoxy) is 2. The Hall–Kier alpha value is -0.120. The first-order chi connectivity index (χ1) is 10.4. The third kappa shape index (κ3) is 7.12. The smallest absolute Gasteiger partial charge is 0.0808 e. The Morgan fingerprint density at radius 1 is 0.762 bits per heavy atom. The molecule has 1 saturated carbocycles. The SMILES string of the molecule is NC1CCCCCCCCCCC1OCC1CCCCO1. The molecule has 0 spiro atoms. The Balaban J connectivity index is 1.74. The van der Waals surface area contributed by atoms with Crippen LogP contribution in [0.1, 0.15) is 83.5 Å². The number of hydrogen-bond donors (Lipinski definition) is 1. The fraction of sp³-hybridized carbons (Fsp3) is 1.00. The average Bonchev–Trinajstić information content (AvgIpc) is 2.51. The predicted octanol–water partition coefficient (Wildman–Crippen LogP) is 4.18. The van der Waals surface area contributed by atoms with E-state index in [4.69, 9.17) is 15.2 Å². The van der Waals surface area contributed by atoms with Crippen molar-refractivity contribution in [3.63, 3.8) is 0 Å². The molecule has 2 N–H and O–H groups in total. The molecular formula is C18H35NO2. The van der Waals surface area contributed by atoms with Crippen LogP contribution in [0.2, 0.25) is 0 Å². The lowest BCUT2D eigenvalue weighted by Gasteiger charge is -2.29. The van der Waals surface area contributed by atoms with E-state index < -0.39 is 0 Å². The Labute approximate surface area is 130 Å². The van der Waals surface area contributed by atoms with Crippen LogP contribution in [0.25, 0.3) is 0 Å². The first-order valence-corrected chi connectivity index (χ1v) is 9.35. The highest BCUT2D eigenvalue weighted by atomic mass is 16.5. The Morgan fingerprint density at radius 2 is 1.38 bits per heavy atom. The largest absolute Gasteiger partial charge is 0.376 e. The molecule has 2 rings (SSSR count). The molecule has 1 saturated heterocycles. The Morgan fingerprint density at radius 3 is 2.05 bits per heavy atom. The van der Waals surface area contributed by atoms with Gasteiger partial charge in [-0.25, -0.2) is 0 Å². The van der Waals surface area contributed by atoms with Gasteiger partial charge in [-0.05, 0) is 32.1 Å². The van der Waals surface area contributed by atoms with Gasteiger partial charge in [0.25, 0.3) is 0 Å². The van der Waals surface area contributed by atoms with Crippen LogP contribution in [0.15, 0.2) is 0 Å². The minimum atomic E-state index is 0.216. The van der Waals surface area contributed by atoms with Gasteiger partial charge in [0.05, 0.1) is 18.8 Å². The van der Waals surface area contributed by atoms with Crippen molar-refractivity contribution in [3.05, 3.63) is 0 Å². The van der Waals surface area contributed by atoms with Gasteiger partial charge in [-0.2, -0.15) is 0 Å². The normalized spacial score (nSPS) is 33.9. The van der Waals surface area contributed by atoms with E-state index in [0.717, 1.165) is 32.5 Å². The maximum atomic E-state index is 6.41. The van der Waals surface area contributed by atoms with Crippen molar-refractivity contribution in [2.24, 2.45) is 5.73 Å². The standard InChI is InChI=1S/C18H35NO2/c19-17-12-7-5-3-1-2-4-6-8-13-18(17)21-15-16-11-9-10-14-20-16/h16-18H,1-15,19H2. The minimum Gasteiger partial charge on any atom is -0.376 e. The van der Waals surface area contributed by atoms with Crippen molar-refractivity contribution in [3.8, 4) is 0 Å². The molecule has 2 fully saturated rings. The van der Waals surface area contributed by atoms with Gasteiger partial charge in [-0.3, -0.25) is 0 Å². The third-order valence-electron chi connectivity index (χ3n) is 5.02. The van der Waals surface area contributed by atoms with Crippen molar-refractivity contribution in [2.45, 2.75) is 102 Å². The van der Waals surface area contributed by atoms with Gasteiger partial charge in [-0.15, -0.1) is 0 Å². The summed E-state index contributed by atoms with van der Waals surface area (Å²) in [6.07, 6.45) is 17.3. The molecule has 3 heteroatoms. The molecule has 0 radical (unpaired) electrons. The van der Waals surface area contributed by atoms with Gasteiger partial charge in [0.1, 0.15) is 0 Å². The maximum Gasteiger partial charge on any atom is 0.0808 e. The molecule has 2 aliphatic rings. The number of nitrogens with two attached hydrogens (primary N) is 1. The Kier molecular flexibility index (Phi) is 8.68. The van der Waals surface area contributed by atoms with E-state index in [1.807, 2.05) is 0 Å². The van der Waals surface area contributed by atoms with Gasteiger partial charge in [0, 0.05) is 12.6 Å². The van der Waals surface area contributed by atoms with Gasteiger partial charge in [-0.1, -0.05) is 51.4 Å². The molecule has 1 aliphatic heterocycles. The molecule has 1 aliphatic carbocycles. The Bertz CT molecular complexity index is 254. The van der Waals surface area contributed by atoms with Crippen molar-refractivity contribution in [1.82, 2.24) is 0 Å². The monoisotopic (exact) mass is 297 g/mol. The molecule has 3 unspecified atom stereocenters. The van der Waals surface area contributed by atoms with Crippen LogP contribution in [0.3, 0.4) is 0 Å². The molecule has 0 bridgehead atoms. The zero-order valence-electron chi connectivity index (χ0n) is 13.7. The average molecular weight is 297 g/mol. The van der Waals surface area contributed by atoms with Gasteiger partial charge >= 0.3 is 0 Å². The van der Waals surface area contributed by atoms with Crippen LogP contribution < -0.4 is 5.73 Å². The first kappa shape index (κ1) is 17.2. The van der Waals surface area contributed by atoms with Crippen LogP contribution in [-0.2, 0) is 9.47 Å². The summed E-state index contributed by atoms with van der Waals surface area (Å²) in [6, 6.07) is 0.216. The minimum absolute atomic E-state index is 0.216. The van der Waals surface area contributed by atoms with E-state index >= 15 is 0 Å². The second-order valence-electron chi connectivity index (χ2n) is 6.93. The lowest BCUT2D eigenvalue weighted by Crippen LogP contribution is -2.39. The van der Waals surface area contributed by atoms with Crippen LogP contribution in [-0.4, -0.2) is 31.5 Å². The summed E-state index contributed by atoms with van der Waals surface area (Å²) in [5.74, 6) is 0. The second-order valence-corrected chi connectivity index (χ2v) is 6.93. The molecule has 124 valence electrons. The lowest BCUT2D eigenvalue weighted by atomic mass is 9.96. The molecule has 0 aromatic heterocycles. The van der Waals surface area contributed by atoms with E-state index in [9.17, 15) is 0 Å². The van der Waals surface area contributed by atoms with Crippen molar-refractivity contribution >= 4 is 0 Å². The summed E-state index contributed by atoms with van der Waals surface area (Å²) in [6.45, 7) is 1.66. The van der Waals surface area contributed by atoms with Crippen LogP contribution in [0.5, 0.6) is 0 Å². The summed E-state index contributed by atoms with van der Waals surface area (Å²) < 4.78 is 12.0. The summed E-state index contributed by atoms with van der Waals surface area (Å²) >= 11 is 0. The lowest BCUT2D eigenvalue weighted by molar-refractivity contribution is -0.0709. The van der Waals surface area contributed by atoms with Crippen molar-refractivity contribution in [2.75, 3.05) is 13.2 Å². The molecule has 0 aromatic rings. The van der Waals surface area contributed by atoms with E-state index in [1.165, 1.54) is 64.2 Å². The fourth-order valence-electron chi connectivity index (χ4n) is 3.56. The molecule has 3 nitrogen and oxygen atoms in total. The topological polar surface area (TPSA) is 44.5 Å². The summed E-state index contributed by atoms with van der Waals surface area (Å²) in [5.41, 5.74) is 6.41. The molecule has 21 heavy (non-hydrogen) atoms. The molecule has 1 heterocycles. The molecule has 0 amide bonds. The molecule has 3 atom stereocenters. The van der Waals surface area contributed by atoms with Gasteiger partial charge < -0.3 is 15.2 Å². The van der Waals surface area contributed by atoms with Crippen molar-refractivity contribution < 1.29 is 9.47 Å². The van der Waals surface area contributed by atoms with Crippen LogP contribution in [0, 0.1) is 0 Å². The van der Waals surface area contributed by atoms with Gasteiger partial charge in [0.15, 0.2) is 0 Å². The number of hydrogen-bond acceptors (Lipinski definition) is 3. The van der Waals surface area contributed by atoms with Crippen molar-refractivity contribution in [1.29, 1.82) is 0 Å². The molecule has 0 aromatic carbocycles. The number of rotatable bonds is 3. The van der Waals surface area contributed by atoms with E-state index in [0.29, 0.717) is 6.10 Å². The zero-order chi connectivity index (χ0) is 14.8. The van der Waals surface area contributed by atoms with E-state index in [1.54, 1.807) is 0 Å². The summed E-state index contributed by atoms with van der Waals surface area (Å²) in [5, 5.41) is 0. The molecular weight excluding hydrogens is 262 g/mol. The quantitative estimate of drug-likeness (QED) is 0.849. The van der Waals surface area contributed by atoms with E-state index in [-0.39, 0.29) is 12.1 Å². The highest BCUT2D eigenvalue weighted by molar-refractivity contribution is 4.75. The highest BCUT2D eigenvalue weighted by Gasteiger charge is 2.21. The van der Waals surface area contributed by atoms with Gasteiger partial charge in [0.2, 0.25) is 0 Å². The van der Waals surface area contributed by atoms with E-state index in [2.05, 4.69) is 0 Å². The second kappa shape index (κ2) is 10.6. The fourth-order valence-corrected chi connectivity index (χ4v) is 3.56. The first-order valence-electron chi connectivity index (χ1n) is 9.35.